The number of guanidine groups is 1. The van der Waals surface area contributed by atoms with E-state index in [1.807, 2.05) is 13.1 Å². The van der Waals surface area contributed by atoms with Gasteiger partial charge in [-0.25, -0.2) is 0 Å². The molecule has 1 aromatic carbocycles. The second kappa shape index (κ2) is 11.1. The lowest BCUT2D eigenvalue weighted by Crippen LogP contribution is -2.43. The molecular formula is C20H34N4O. The van der Waals surface area contributed by atoms with Crippen LogP contribution in [0.1, 0.15) is 37.9 Å². The van der Waals surface area contributed by atoms with E-state index in [9.17, 15) is 0 Å². The molecule has 1 aromatic rings. The Morgan fingerprint density at radius 1 is 1.32 bits per heavy atom. The molecule has 0 spiro atoms. The van der Waals surface area contributed by atoms with Crippen molar-refractivity contribution in [3.05, 3.63) is 35.9 Å². The molecular weight excluding hydrogens is 312 g/mol. The molecule has 1 heterocycles. The molecule has 1 aliphatic heterocycles. The molecule has 5 heteroatoms. The number of aliphatic imine (C=N–C) groups is 1. The minimum Gasteiger partial charge on any atom is -0.374 e. The van der Waals surface area contributed by atoms with Gasteiger partial charge >= 0.3 is 0 Å². The summed E-state index contributed by atoms with van der Waals surface area (Å²) in [7, 11) is 4.03. The Labute approximate surface area is 152 Å². The van der Waals surface area contributed by atoms with Crippen molar-refractivity contribution < 1.29 is 4.74 Å². The average molecular weight is 347 g/mol. The molecule has 25 heavy (non-hydrogen) atoms. The fourth-order valence-corrected chi connectivity index (χ4v) is 3.26. The second-order valence-electron chi connectivity index (χ2n) is 6.93. The van der Waals surface area contributed by atoms with Crippen LogP contribution in [-0.2, 0) is 4.74 Å². The third-order valence-electron chi connectivity index (χ3n) is 4.75. The zero-order valence-corrected chi connectivity index (χ0v) is 16.0. The van der Waals surface area contributed by atoms with Gasteiger partial charge in [-0.1, -0.05) is 30.3 Å². The molecule has 0 bridgehead atoms. The normalized spacial score (nSPS) is 20.3. The van der Waals surface area contributed by atoms with Gasteiger partial charge in [-0.05, 0) is 51.3 Å². The van der Waals surface area contributed by atoms with Crippen LogP contribution >= 0.6 is 0 Å². The van der Waals surface area contributed by atoms with Gasteiger partial charge < -0.3 is 20.3 Å². The standard InChI is InChI=1S/C20H34N4O/c1-17(19-10-5-4-6-11-19)25-14-8-12-22-20(21-2)23-15-18-9-7-13-24(3)16-18/h4-6,10-11,17-18H,7-9,12-16H2,1-3H3,(H2,21,22,23). The number of likely N-dealkylation sites (tertiary alicyclic amines) is 1. The molecule has 2 unspecified atom stereocenters. The number of hydrogen-bond donors (Lipinski definition) is 2. The average Bonchev–Trinajstić information content (AvgIpc) is 2.64. The van der Waals surface area contributed by atoms with Crippen LogP contribution in [0.5, 0.6) is 0 Å². The largest absolute Gasteiger partial charge is 0.374 e. The smallest absolute Gasteiger partial charge is 0.190 e. The van der Waals surface area contributed by atoms with E-state index in [1.54, 1.807) is 0 Å². The summed E-state index contributed by atoms with van der Waals surface area (Å²) in [4.78, 5) is 6.73. The highest BCUT2D eigenvalue weighted by Crippen LogP contribution is 2.16. The van der Waals surface area contributed by atoms with Gasteiger partial charge in [-0.3, -0.25) is 4.99 Å². The predicted molar refractivity (Wildman–Crippen MR) is 105 cm³/mol. The molecule has 0 aromatic heterocycles. The van der Waals surface area contributed by atoms with Crippen molar-refractivity contribution in [1.82, 2.24) is 15.5 Å². The molecule has 0 amide bonds. The summed E-state index contributed by atoms with van der Waals surface area (Å²) in [6.45, 7) is 7.11. The fourth-order valence-electron chi connectivity index (χ4n) is 3.26. The third-order valence-corrected chi connectivity index (χ3v) is 4.75. The van der Waals surface area contributed by atoms with E-state index >= 15 is 0 Å². The number of nitrogens with zero attached hydrogens (tertiary/aromatic N) is 2. The molecule has 2 rings (SSSR count). The van der Waals surface area contributed by atoms with E-state index in [0.29, 0.717) is 5.92 Å². The molecule has 0 saturated carbocycles. The van der Waals surface area contributed by atoms with Crippen molar-refractivity contribution in [2.45, 2.75) is 32.3 Å². The molecule has 2 atom stereocenters. The molecule has 2 N–H and O–H groups in total. The Morgan fingerprint density at radius 2 is 2.12 bits per heavy atom. The molecule has 1 fully saturated rings. The zero-order valence-electron chi connectivity index (χ0n) is 16.0. The Kier molecular flexibility index (Phi) is 8.77. The minimum absolute atomic E-state index is 0.141. The van der Waals surface area contributed by atoms with Crippen molar-refractivity contribution in [3.63, 3.8) is 0 Å². The van der Waals surface area contributed by atoms with Crippen molar-refractivity contribution in [2.24, 2.45) is 10.9 Å². The van der Waals surface area contributed by atoms with Crippen LogP contribution in [-0.4, -0.2) is 57.7 Å². The molecule has 0 radical (unpaired) electrons. The Bertz CT molecular complexity index is 506. The van der Waals surface area contributed by atoms with Gasteiger partial charge in [-0.2, -0.15) is 0 Å². The van der Waals surface area contributed by atoms with E-state index in [4.69, 9.17) is 4.74 Å². The van der Waals surface area contributed by atoms with Crippen LogP contribution in [0.15, 0.2) is 35.3 Å². The van der Waals surface area contributed by atoms with Gasteiger partial charge in [0.15, 0.2) is 5.96 Å². The first-order chi connectivity index (χ1) is 12.2. The van der Waals surface area contributed by atoms with Gasteiger partial charge in [0, 0.05) is 33.3 Å². The monoisotopic (exact) mass is 346 g/mol. The summed E-state index contributed by atoms with van der Waals surface area (Å²) in [5.74, 6) is 1.61. The number of ether oxygens (including phenoxy) is 1. The Hall–Kier alpha value is -1.59. The third kappa shape index (κ3) is 7.45. The molecule has 1 aliphatic rings. The van der Waals surface area contributed by atoms with E-state index in [0.717, 1.165) is 32.1 Å². The number of rotatable bonds is 8. The number of piperidine rings is 1. The van der Waals surface area contributed by atoms with Crippen LogP contribution in [0.3, 0.4) is 0 Å². The first-order valence-electron chi connectivity index (χ1n) is 9.48. The topological polar surface area (TPSA) is 48.9 Å². The second-order valence-corrected chi connectivity index (χ2v) is 6.93. The zero-order chi connectivity index (χ0) is 17.9. The van der Waals surface area contributed by atoms with Gasteiger partial charge in [0.1, 0.15) is 0 Å². The van der Waals surface area contributed by atoms with E-state index in [2.05, 4.69) is 58.8 Å². The Morgan fingerprint density at radius 3 is 2.84 bits per heavy atom. The molecule has 0 aliphatic carbocycles. The summed E-state index contributed by atoms with van der Waals surface area (Å²) >= 11 is 0. The number of nitrogens with one attached hydrogen (secondary N) is 2. The molecule has 140 valence electrons. The van der Waals surface area contributed by atoms with Gasteiger partial charge in [-0.15, -0.1) is 0 Å². The van der Waals surface area contributed by atoms with Crippen LogP contribution < -0.4 is 10.6 Å². The lowest BCUT2D eigenvalue weighted by atomic mass is 9.99. The maximum atomic E-state index is 5.90. The highest BCUT2D eigenvalue weighted by atomic mass is 16.5. The molecule has 5 nitrogen and oxygen atoms in total. The fraction of sp³-hybridized carbons (Fsp3) is 0.650. The van der Waals surface area contributed by atoms with Crippen LogP contribution in [0.25, 0.3) is 0 Å². The van der Waals surface area contributed by atoms with E-state index in [1.165, 1.54) is 31.5 Å². The lowest BCUT2D eigenvalue weighted by molar-refractivity contribution is 0.0646. The Balaban J connectivity index is 1.56. The summed E-state index contributed by atoms with van der Waals surface area (Å²) in [6.07, 6.45) is 3.71. The predicted octanol–water partition coefficient (Wildman–Crippen LogP) is 2.66. The van der Waals surface area contributed by atoms with Crippen LogP contribution in [0.4, 0.5) is 0 Å². The first kappa shape index (κ1) is 19.7. The summed E-state index contributed by atoms with van der Waals surface area (Å²) in [5, 5.41) is 6.84. The lowest BCUT2D eigenvalue weighted by Gasteiger charge is -2.30. The summed E-state index contributed by atoms with van der Waals surface area (Å²) in [5.41, 5.74) is 1.23. The summed E-state index contributed by atoms with van der Waals surface area (Å²) < 4.78 is 5.90. The highest BCUT2D eigenvalue weighted by molar-refractivity contribution is 5.79. The first-order valence-corrected chi connectivity index (χ1v) is 9.48. The van der Waals surface area contributed by atoms with Crippen LogP contribution in [0, 0.1) is 5.92 Å². The molecule has 1 saturated heterocycles. The van der Waals surface area contributed by atoms with Crippen molar-refractivity contribution in [2.75, 3.05) is 46.9 Å². The van der Waals surface area contributed by atoms with E-state index in [-0.39, 0.29) is 6.10 Å². The van der Waals surface area contributed by atoms with Crippen LogP contribution in [0.2, 0.25) is 0 Å². The summed E-state index contributed by atoms with van der Waals surface area (Å²) in [6, 6.07) is 10.4. The minimum atomic E-state index is 0.141. The number of hydrogen-bond acceptors (Lipinski definition) is 3. The SMILES string of the molecule is CN=C(NCCCOC(C)c1ccccc1)NCC1CCCN(C)C1. The quantitative estimate of drug-likeness (QED) is 0.432. The van der Waals surface area contributed by atoms with Crippen molar-refractivity contribution >= 4 is 5.96 Å². The number of benzene rings is 1. The maximum Gasteiger partial charge on any atom is 0.190 e. The van der Waals surface area contributed by atoms with Gasteiger partial charge in [0.05, 0.1) is 6.10 Å². The van der Waals surface area contributed by atoms with Crippen molar-refractivity contribution in [3.8, 4) is 0 Å². The van der Waals surface area contributed by atoms with Gasteiger partial charge in [0.25, 0.3) is 0 Å². The van der Waals surface area contributed by atoms with Gasteiger partial charge in [0.2, 0.25) is 0 Å². The van der Waals surface area contributed by atoms with Crippen molar-refractivity contribution in [1.29, 1.82) is 0 Å². The maximum absolute atomic E-state index is 5.90. The van der Waals surface area contributed by atoms with E-state index < -0.39 is 0 Å². The highest BCUT2D eigenvalue weighted by Gasteiger charge is 2.17.